The minimum Gasteiger partial charge on any atom is -0.319 e. The van der Waals surface area contributed by atoms with Crippen molar-refractivity contribution in [2.75, 3.05) is 0 Å². The van der Waals surface area contributed by atoms with E-state index >= 15 is 0 Å². The van der Waals surface area contributed by atoms with Crippen LogP contribution in [0.1, 0.15) is 31.5 Å². The number of benzene rings is 1. The maximum absolute atomic E-state index is 13.2. The van der Waals surface area contributed by atoms with E-state index in [1.807, 2.05) is 6.07 Å². The lowest BCUT2D eigenvalue weighted by molar-refractivity contribution is 0.431. The van der Waals surface area contributed by atoms with Crippen molar-refractivity contribution in [3.8, 4) is 11.1 Å². The molecule has 1 aromatic carbocycles. The van der Waals surface area contributed by atoms with Gasteiger partial charge in [0.1, 0.15) is 11.6 Å². The van der Waals surface area contributed by atoms with Gasteiger partial charge in [0.15, 0.2) is 0 Å². The van der Waals surface area contributed by atoms with Crippen LogP contribution in [-0.4, -0.2) is 9.97 Å². The summed E-state index contributed by atoms with van der Waals surface area (Å²) in [4.78, 5) is 8.76. The van der Waals surface area contributed by atoms with E-state index in [4.69, 9.17) is 5.73 Å². The molecule has 3 nitrogen and oxygen atoms in total. The first-order valence-electron chi connectivity index (χ1n) is 6.55. The van der Waals surface area contributed by atoms with E-state index < -0.39 is 0 Å². The second-order valence-electron chi connectivity index (χ2n) is 5.17. The molecule has 1 saturated carbocycles. The van der Waals surface area contributed by atoms with Gasteiger partial charge in [-0.25, -0.2) is 14.4 Å². The summed E-state index contributed by atoms with van der Waals surface area (Å²) in [6, 6.07) is 6.42. The van der Waals surface area contributed by atoms with E-state index in [1.54, 1.807) is 18.5 Å². The predicted molar refractivity (Wildman–Crippen MR) is 71.8 cm³/mol. The Morgan fingerprint density at radius 2 is 1.74 bits per heavy atom. The highest BCUT2D eigenvalue weighted by molar-refractivity contribution is 5.61. The zero-order valence-electron chi connectivity index (χ0n) is 10.6. The maximum atomic E-state index is 13.2. The first-order valence-corrected chi connectivity index (χ1v) is 6.55. The third-order valence-corrected chi connectivity index (χ3v) is 3.75. The van der Waals surface area contributed by atoms with Crippen molar-refractivity contribution in [1.29, 1.82) is 0 Å². The number of nitrogens with zero attached hydrogens (tertiary/aromatic N) is 2. The summed E-state index contributed by atoms with van der Waals surface area (Å²) >= 11 is 0. The first kappa shape index (κ1) is 12.2. The van der Waals surface area contributed by atoms with Gasteiger partial charge in [-0.15, -0.1) is 0 Å². The number of aromatic nitrogens is 2. The molecule has 0 atom stereocenters. The fraction of sp³-hybridized carbons (Fsp3) is 0.333. The standard InChI is InChI=1S/C15H16FN3/c16-13-5-3-4-11(8-13)12-9-18-14(19-10-12)15(17)6-1-2-7-15/h3-5,8-10H,1-2,6-7,17H2. The molecule has 3 rings (SSSR count). The largest absolute Gasteiger partial charge is 0.319 e. The van der Waals surface area contributed by atoms with Gasteiger partial charge in [-0.2, -0.15) is 0 Å². The van der Waals surface area contributed by atoms with Gasteiger partial charge < -0.3 is 5.73 Å². The molecule has 0 spiro atoms. The molecule has 2 aromatic rings. The van der Waals surface area contributed by atoms with Crippen LogP contribution in [0.5, 0.6) is 0 Å². The fourth-order valence-electron chi connectivity index (χ4n) is 2.63. The molecule has 0 aliphatic heterocycles. The van der Waals surface area contributed by atoms with Crippen molar-refractivity contribution in [3.05, 3.63) is 48.3 Å². The molecule has 2 N–H and O–H groups in total. The van der Waals surface area contributed by atoms with E-state index in [2.05, 4.69) is 9.97 Å². The van der Waals surface area contributed by atoms with Crippen LogP contribution >= 0.6 is 0 Å². The molecule has 1 heterocycles. The van der Waals surface area contributed by atoms with Gasteiger partial charge >= 0.3 is 0 Å². The quantitative estimate of drug-likeness (QED) is 0.899. The molecule has 0 unspecified atom stereocenters. The lowest BCUT2D eigenvalue weighted by Crippen LogP contribution is -2.35. The molecule has 19 heavy (non-hydrogen) atoms. The zero-order chi connectivity index (χ0) is 13.3. The molecule has 0 radical (unpaired) electrons. The molecule has 0 amide bonds. The average Bonchev–Trinajstić information content (AvgIpc) is 2.87. The Balaban J connectivity index is 1.91. The van der Waals surface area contributed by atoms with E-state index in [1.165, 1.54) is 12.1 Å². The first-order chi connectivity index (χ1) is 9.17. The summed E-state index contributed by atoms with van der Waals surface area (Å²) in [7, 11) is 0. The summed E-state index contributed by atoms with van der Waals surface area (Å²) < 4.78 is 13.2. The van der Waals surface area contributed by atoms with Crippen LogP contribution in [0.3, 0.4) is 0 Å². The van der Waals surface area contributed by atoms with Crippen molar-refractivity contribution in [1.82, 2.24) is 9.97 Å². The molecule has 4 heteroatoms. The Hall–Kier alpha value is -1.81. The summed E-state index contributed by atoms with van der Waals surface area (Å²) in [5.74, 6) is 0.442. The molecule has 1 aliphatic carbocycles. The average molecular weight is 257 g/mol. The Morgan fingerprint density at radius 3 is 2.37 bits per heavy atom. The molecule has 0 saturated heterocycles. The number of nitrogens with two attached hydrogens (primary N) is 1. The van der Waals surface area contributed by atoms with Crippen LogP contribution in [0.25, 0.3) is 11.1 Å². The van der Waals surface area contributed by atoms with Crippen molar-refractivity contribution in [2.45, 2.75) is 31.2 Å². The number of hydrogen-bond acceptors (Lipinski definition) is 3. The van der Waals surface area contributed by atoms with E-state index in [-0.39, 0.29) is 11.4 Å². The van der Waals surface area contributed by atoms with Crippen LogP contribution in [-0.2, 0) is 5.54 Å². The van der Waals surface area contributed by atoms with E-state index in [0.717, 1.165) is 36.8 Å². The third kappa shape index (κ3) is 2.36. The van der Waals surface area contributed by atoms with Gasteiger partial charge in [-0.3, -0.25) is 0 Å². The van der Waals surface area contributed by atoms with Gasteiger partial charge in [-0.05, 0) is 30.5 Å². The molecular formula is C15H16FN3. The minimum atomic E-state index is -0.375. The van der Waals surface area contributed by atoms with Crippen LogP contribution in [0.2, 0.25) is 0 Å². The lowest BCUT2D eigenvalue weighted by atomic mass is 9.98. The predicted octanol–water partition coefficient (Wildman–Crippen LogP) is 3.01. The smallest absolute Gasteiger partial charge is 0.148 e. The van der Waals surface area contributed by atoms with Crippen LogP contribution in [0.15, 0.2) is 36.7 Å². The van der Waals surface area contributed by atoms with Crippen LogP contribution in [0.4, 0.5) is 4.39 Å². The summed E-state index contributed by atoms with van der Waals surface area (Å²) in [5, 5.41) is 0. The van der Waals surface area contributed by atoms with E-state index in [9.17, 15) is 4.39 Å². The van der Waals surface area contributed by atoms with Crippen molar-refractivity contribution in [3.63, 3.8) is 0 Å². The van der Waals surface area contributed by atoms with Crippen LogP contribution < -0.4 is 5.73 Å². The zero-order valence-corrected chi connectivity index (χ0v) is 10.6. The summed E-state index contributed by atoms with van der Waals surface area (Å²) in [6.45, 7) is 0. The van der Waals surface area contributed by atoms with Crippen molar-refractivity contribution in [2.24, 2.45) is 5.73 Å². The highest BCUT2D eigenvalue weighted by atomic mass is 19.1. The normalized spacial score (nSPS) is 17.6. The Morgan fingerprint density at radius 1 is 1.05 bits per heavy atom. The number of rotatable bonds is 2. The monoisotopic (exact) mass is 257 g/mol. The second-order valence-corrected chi connectivity index (χ2v) is 5.17. The second kappa shape index (κ2) is 4.70. The van der Waals surface area contributed by atoms with E-state index in [0.29, 0.717) is 5.82 Å². The Bertz CT molecular complexity index is 574. The van der Waals surface area contributed by atoms with Gasteiger partial charge in [0.05, 0.1) is 5.54 Å². The maximum Gasteiger partial charge on any atom is 0.148 e. The minimum absolute atomic E-state index is 0.257. The van der Waals surface area contributed by atoms with Crippen molar-refractivity contribution < 1.29 is 4.39 Å². The third-order valence-electron chi connectivity index (χ3n) is 3.75. The molecule has 98 valence electrons. The Kier molecular flexibility index (Phi) is 3.03. The van der Waals surface area contributed by atoms with Gasteiger partial charge in [0.2, 0.25) is 0 Å². The highest BCUT2D eigenvalue weighted by Gasteiger charge is 2.33. The Labute approximate surface area is 111 Å². The SMILES string of the molecule is NC1(c2ncc(-c3cccc(F)c3)cn2)CCCC1. The highest BCUT2D eigenvalue weighted by Crippen LogP contribution is 2.34. The number of hydrogen-bond donors (Lipinski definition) is 1. The summed E-state index contributed by atoms with van der Waals surface area (Å²) in [5.41, 5.74) is 7.53. The van der Waals surface area contributed by atoms with Gasteiger partial charge in [-0.1, -0.05) is 25.0 Å². The lowest BCUT2D eigenvalue weighted by Gasteiger charge is -2.21. The van der Waals surface area contributed by atoms with Gasteiger partial charge in [0, 0.05) is 18.0 Å². The molecule has 0 bridgehead atoms. The molecule has 1 aliphatic rings. The molecule has 1 aromatic heterocycles. The fourth-order valence-corrected chi connectivity index (χ4v) is 2.63. The van der Waals surface area contributed by atoms with Gasteiger partial charge in [0.25, 0.3) is 0 Å². The van der Waals surface area contributed by atoms with Crippen LogP contribution in [0, 0.1) is 5.82 Å². The molecular weight excluding hydrogens is 241 g/mol. The topological polar surface area (TPSA) is 51.8 Å². The number of halogens is 1. The van der Waals surface area contributed by atoms with Crippen molar-refractivity contribution >= 4 is 0 Å². The summed E-state index contributed by atoms with van der Waals surface area (Å²) in [6.07, 6.45) is 7.59. The molecule has 1 fully saturated rings.